The number of nitrogens with zero attached hydrogens (tertiary/aromatic N) is 2. The van der Waals surface area contributed by atoms with Crippen LogP contribution in [0.2, 0.25) is 0 Å². The van der Waals surface area contributed by atoms with E-state index >= 15 is 0 Å². The Hall–Kier alpha value is -5.67. The van der Waals surface area contributed by atoms with Crippen molar-refractivity contribution in [2.24, 2.45) is 0 Å². The maximum Gasteiger partial charge on any atom is 0.200 e. The molecule has 0 spiro atoms. The fourth-order valence-electron chi connectivity index (χ4n) is 5.60. The van der Waals surface area contributed by atoms with Crippen molar-refractivity contribution in [2.75, 3.05) is 0 Å². The largest absolute Gasteiger partial charge is 0.456 e. The summed E-state index contributed by atoms with van der Waals surface area (Å²) in [6, 6.07) is 31.9. The van der Waals surface area contributed by atoms with Gasteiger partial charge in [0.15, 0.2) is 0 Å². The summed E-state index contributed by atoms with van der Waals surface area (Å²) in [7, 11) is 0. The van der Waals surface area contributed by atoms with Gasteiger partial charge in [-0.2, -0.15) is 5.26 Å². The second-order valence-electron chi connectivity index (χ2n) is 9.58. The SMILES string of the molecule is N#Cc1ccc2oc3cc4oc5cc(-n6c7ccccc7c7ccccc76)ccc5c(=O)c4cc3c(=O)c2c1. The zero-order chi connectivity index (χ0) is 26.2. The Labute approximate surface area is 219 Å². The molecule has 6 heteroatoms. The standard InChI is InChI=1S/C33H16N2O4/c34-17-18-9-12-28-23(13-18)33(37)25-15-24-31(16-30(25)38-28)39-29-14-19(10-11-22(29)32(24)36)35-26-7-3-1-5-20(26)21-6-2-4-8-27(21)35/h1-16H. The summed E-state index contributed by atoms with van der Waals surface area (Å²) in [6.07, 6.45) is 0. The van der Waals surface area contributed by atoms with Gasteiger partial charge in [-0.25, -0.2) is 0 Å². The van der Waals surface area contributed by atoms with E-state index in [1.807, 2.05) is 42.5 Å². The highest BCUT2D eigenvalue weighted by Gasteiger charge is 2.16. The van der Waals surface area contributed by atoms with Crippen molar-refractivity contribution in [2.45, 2.75) is 0 Å². The monoisotopic (exact) mass is 504 g/mol. The number of benzene rings is 5. The molecule has 0 aliphatic rings. The highest BCUT2D eigenvalue weighted by Crippen LogP contribution is 2.33. The van der Waals surface area contributed by atoms with Gasteiger partial charge in [-0.1, -0.05) is 36.4 Å². The van der Waals surface area contributed by atoms with E-state index in [-0.39, 0.29) is 16.2 Å². The average molecular weight is 505 g/mol. The highest BCUT2D eigenvalue weighted by molar-refractivity contribution is 6.09. The van der Waals surface area contributed by atoms with Gasteiger partial charge in [0.2, 0.25) is 10.9 Å². The third kappa shape index (κ3) is 2.95. The Balaban J connectivity index is 1.41. The van der Waals surface area contributed by atoms with Crippen LogP contribution in [0.4, 0.5) is 0 Å². The van der Waals surface area contributed by atoms with Gasteiger partial charge in [0.05, 0.1) is 44.2 Å². The molecule has 0 saturated heterocycles. The predicted octanol–water partition coefficient (Wildman–Crippen LogP) is 7.17. The highest BCUT2D eigenvalue weighted by atomic mass is 16.3. The second kappa shape index (κ2) is 7.67. The first-order chi connectivity index (χ1) is 19.1. The van der Waals surface area contributed by atoms with Gasteiger partial charge in [-0.15, -0.1) is 0 Å². The first-order valence-corrected chi connectivity index (χ1v) is 12.4. The fourth-order valence-corrected chi connectivity index (χ4v) is 5.60. The molecule has 0 radical (unpaired) electrons. The molecule has 0 amide bonds. The Bertz CT molecular complexity index is 2450. The lowest BCUT2D eigenvalue weighted by Gasteiger charge is -2.10. The first-order valence-electron chi connectivity index (χ1n) is 12.4. The van der Waals surface area contributed by atoms with Crippen LogP contribution in [0.5, 0.6) is 0 Å². The van der Waals surface area contributed by atoms with E-state index in [4.69, 9.17) is 8.83 Å². The molecule has 3 heterocycles. The second-order valence-corrected chi connectivity index (χ2v) is 9.58. The molecule has 0 saturated carbocycles. The summed E-state index contributed by atoms with van der Waals surface area (Å²) < 4.78 is 14.4. The summed E-state index contributed by atoms with van der Waals surface area (Å²) in [5.41, 5.74) is 4.25. The lowest BCUT2D eigenvalue weighted by Crippen LogP contribution is -2.06. The van der Waals surface area contributed by atoms with Gasteiger partial charge in [-0.3, -0.25) is 9.59 Å². The van der Waals surface area contributed by atoms with Gasteiger partial charge >= 0.3 is 0 Å². The Morgan fingerprint density at radius 1 is 0.538 bits per heavy atom. The zero-order valence-corrected chi connectivity index (χ0v) is 20.3. The van der Waals surface area contributed by atoms with Crippen LogP contribution < -0.4 is 10.9 Å². The van der Waals surface area contributed by atoms with Crippen LogP contribution in [0.25, 0.3) is 71.4 Å². The van der Waals surface area contributed by atoms with Crippen LogP contribution >= 0.6 is 0 Å². The minimum Gasteiger partial charge on any atom is -0.456 e. The molecule has 8 aromatic rings. The molecule has 0 N–H and O–H groups in total. The molecule has 0 fully saturated rings. The Morgan fingerprint density at radius 2 is 1.13 bits per heavy atom. The number of nitriles is 1. The van der Waals surface area contributed by atoms with Crippen LogP contribution in [-0.4, -0.2) is 4.57 Å². The van der Waals surface area contributed by atoms with E-state index in [9.17, 15) is 14.9 Å². The van der Waals surface area contributed by atoms with E-state index in [2.05, 4.69) is 28.8 Å². The topological polar surface area (TPSA) is 89.1 Å². The maximum atomic E-state index is 13.6. The number of hydrogen-bond acceptors (Lipinski definition) is 5. The molecule has 39 heavy (non-hydrogen) atoms. The zero-order valence-electron chi connectivity index (χ0n) is 20.3. The van der Waals surface area contributed by atoms with Crippen molar-refractivity contribution in [3.8, 4) is 11.8 Å². The number of aromatic nitrogens is 1. The normalized spacial score (nSPS) is 11.8. The molecule has 8 rings (SSSR count). The van der Waals surface area contributed by atoms with Crippen LogP contribution in [0.1, 0.15) is 5.56 Å². The van der Waals surface area contributed by atoms with Gasteiger partial charge < -0.3 is 13.4 Å². The molecular formula is C33H16N2O4. The lowest BCUT2D eigenvalue weighted by atomic mass is 10.1. The summed E-state index contributed by atoms with van der Waals surface area (Å²) in [6.45, 7) is 0. The van der Waals surface area contributed by atoms with Crippen molar-refractivity contribution >= 4 is 65.7 Å². The molecule has 0 aliphatic heterocycles. The lowest BCUT2D eigenvalue weighted by molar-refractivity contribution is 0.646. The summed E-state index contributed by atoms with van der Waals surface area (Å²) in [5, 5.41) is 12.8. The van der Waals surface area contributed by atoms with Gasteiger partial charge in [0.25, 0.3) is 0 Å². The van der Waals surface area contributed by atoms with Crippen molar-refractivity contribution in [1.29, 1.82) is 5.26 Å². The van der Waals surface area contributed by atoms with Crippen LogP contribution in [0, 0.1) is 11.3 Å². The van der Waals surface area contributed by atoms with Crippen LogP contribution in [-0.2, 0) is 0 Å². The van der Waals surface area contributed by atoms with Gasteiger partial charge in [0.1, 0.15) is 22.3 Å². The molecule has 0 unspecified atom stereocenters. The smallest absolute Gasteiger partial charge is 0.200 e. The van der Waals surface area contributed by atoms with Crippen LogP contribution in [0.15, 0.2) is 115 Å². The first kappa shape index (κ1) is 21.4. The van der Waals surface area contributed by atoms with E-state index in [1.165, 1.54) is 12.1 Å². The number of para-hydroxylation sites is 2. The average Bonchev–Trinajstić information content (AvgIpc) is 3.31. The fraction of sp³-hybridized carbons (Fsp3) is 0. The van der Waals surface area contributed by atoms with E-state index in [0.717, 1.165) is 27.5 Å². The van der Waals surface area contributed by atoms with Crippen molar-refractivity contribution in [3.63, 3.8) is 0 Å². The van der Waals surface area contributed by atoms with E-state index < -0.39 is 0 Å². The minimum absolute atomic E-state index is 0.229. The number of rotatable bonds is 1. The maximum absolute atomic E-state index is 13.6. The quantitative estimate of drug-likeness (QED) is 0.221. The third-order valence-corrected chi connectivity index (χ3v) is 7.41. The summed E-state index contributed by atoms with van der Waals surface area (Å²) >= 11 is 0. The van der Waals surface area contributed by atoms with Crippen LogP contribution in [0.3, 0.4) is 0 Å². The van der Waals surface area contributed by atoms with Crippen molar-refractivity contribution in [3.05, 3.63) is 123 Å². The molecular weight excluding hydrogens is 488 g/mol. The number of hydrogen-bond donors (Lipinski definition) is 0. The molecule has 0 aliphatic carbocycles. The number of fused-ring (bicyclic) bond motifs is 7. The summed E-state index contributed by atoms with van der Waals surface area (Å²) in [4.78, 5) is 26.8. The Morgan fingerprint density at radius 3 is 1.82 bits per heavy atom. The molecule has 5 aromatic carbocycles. The molecule has 182 valence electrons. The molecule has 0 atom stereocenters. The van der Waals surface area contributed by atoms with Gasteiger partial charge in [0, 0.05) is 28.6 Å². The Kier molecular flexibility index (Phi) is 4.21. The van der Waals surface area contributed by atoms with E-state index in [1.54, 1.807) is 24.3 Å². The summed E-state index contributed by atoms with van der Waals surface area (Å²) in [5.74, 6) is 0. The van der Waals surface area contributed by atoms with Crippen molar-refractivity contribution in [1.82, 2.24) is 4.57 Å². The predicted molar refractivity (Wildman–Crippen MR) is 153 cm³/mol. The molecule has 0 bridgehead atoms. The third-order valence-electron chi connectivity index (χ3n) is 7.41. The molecule has 3 aromatic heterocycles. The van der Waals surface area contributed by atoms with E-state index in [0.29, 0.717) is 44.1 Å². The van der Waals surface area contributed by atoms with Gasteiger partial charge in [-0.05, 0) is 48.5 Å². The molecule has 6 nitrogen and oxygen atoms in total. The minimum atomic E-state index is -0.300. The van der Waals surface area contributed by atoms with Crippen molar-refractivity contribution < 1.29 is 8.83 Å².